The Hall–Kier alpha value is -1.97. The summed E-state index contributed by atoms with van der Waals surface area (Å²) in [7, 11) is 0. The second-order valence-electron chi connectivity index (χ2n) is 3.26. The summed E-state index contributed by atoms with van der Waals surface area (Å²) in [5.74, 6) is 0.0674. The van der Waals surface area contributed by atoms with Crippen LogP contribution in [0.15, 0.2) is 36.9 Å². The third-order valence-electron chi connectivity index (χ3n) is 1.96. The monoisotopic (exact) mass is 221 g/mol. The Bertz CT molecular complexity index is 376. The van der Waals surface area contributed by atoms with Crippen molar-refractivity contribution in [2.24, 2.45) is 0 Å². The van der Waals surface area contributed by atoms with Crippen LogP contribution >= 0.6 is 0 Å². The lowest BCUT2D eigenvalue weighted by molar-refractivity contribution is -0.127. The van der Waals surface area contributed by atoms with Gasteiger partial charge in [0.1, 0.15) is 0 Å². The molecule has 1 atom stereocenters. The third-order valence-corrected chi connectivity index (χ3v) is 1.96. The zero-order valence-corrected chi connectivity index (χ0v) is 9.14. The van der Waals surface area contributed by atoms with Crippen LogP contribution in [-0.4, -0.2) is 23.7 Å². The molecule has 1 rings (SSSR count). The van der Waals surface area contributed by atoms with E-state index in [0.717, 1.165) is 0 Å². The first-order valence-electron chi connectivity index (χ1n) is 4.98. The van der Waals surface area contributed by atoms with Gasteiger partial charge in [0, 0.05) is 6.54 Å². The summed E-state index contributed by atoms with van der Waals surface area (Å²) < 4.78 is 5.31. The van der Waals surface area contributed by atoms with Crippen LogP contribution in [-0.2, 0) is 4.79 Å². The molecule has 4 nitrogen and oxygen atoms in total. The molecule has 0 aliphatic heterocycles. The number of hydrogen-bond donors (Lipinski definition) is 2. The van der Waals surface area contributed by atoms with Crippen LogP contribution in [0.1, 0.15) is 6.92 Å². The maximum atomic E-state index is 11.5. The van der Waals surface area contributed by atoms with Gasteiger partial charge in [-0.15, -0.1) is 6.58 Å². The fourth-order valence-corrected chi connectivity index (χ4v) is 1.12. The maximum Gasteiger partial charge on any atom is 0.261 e. The lowest BCUT2D eigenvalue weighted by Gasteiger charge is -2.14. The number of nitrogens with one attached hydrogen (secondary N) is 1. The van der Waals surface area contributed by atoms with Crippen molar-refractivity contribution in [1.82, 2.24) is 5.32 Å². The van der Waals surface area contributed by atoms with Crippen molar-refractivity contribution in [2.75, 3.05) is 6.54 Å². The van der Waals surface area contributed by atoms with Crippen molar-refractivity contribution in [2.45, 2.75) is 13.0 Å². The highest BCUT2D eigenvalue weighted by molar-refractivity contribution is 5.80. The third kappa shape index (κ3) is 3.31. The molecule has 0 aromatic heterocycles. The second kappa shape index (κ2) is 5.80. The fraction of sp³-hybridized carbons (Fsp3) is 0.250. The highest BCUT2D eigenvalue weighted by atomic mass is 16.5. The van der Waals surface area contributed by atoms with Gasteiger partial charge in [-0.3, -0.25) is 4.79 Å². The molecule has 0 saturated heterocycles. The molecule has 0 radical (unpaired) electrons. The van der Waals surface area contributed by atoms with Crippen molar-refractivity contribution < 1.29 is 14.6 Å². The number of ether oxygens (including phenoxy) is 1. The molecule has 2 N–H and O–H groups in total. The molecular formula is C12H15NO3. The molecule has 0 saturated carbocycles. The first kappa shape index (κ1) is 12.1. The molecule has 0 aliphatic carbocycles. The van der Waals surface area contributed by atoms with E-state index in [1.165, 1.54) is 6.07 Å². The van der Waals surface area contributed by atoms with Crippen molar-refractivity contribution in [3.63, 3.8) is 0 Å². The molecule has 0 bridgehead atoms. The van der Waals surface area contributed by atoms with Crippen molar-refractivity contribution in [1.29, 1.82) is 0 Å². The minimum Gasteiger partial charge on any atom is -0.504 e. The maximum absolute atomic E-state index is 11.5. The molecular weight excluding hydrogens is 206 g/mol. The topological polar surface area (TPSA) is 58.6 Å². The van der Waals surface area contributed by atoms with Crippen LogP contribution in [0.2, 0.25) is 0 Å². The highest BCUT2D eigenvalue weighted by Crippen LogP contribution is 2.25. The number of carbonyl (C=O) groups is 1. The Morgan fingerprint density at radius 3 is 2.94 bits per heavy atom. The number of para-hydroxylation sites is 2. The van der Waals surface area contributed by atoms with Gasteiger partial charge >= 0.3 is 0 Å². The van der Waals surface area contributed by atoms with Crippen LogP contribution in [0.5, 0.6) is 11.5 Å². The van der Waals surface area contributed by atoms with E-state index in [0.29, 0.717) is 12.3 Å². The molecule has 1 unspecified atom stereocenters. The summed E-state index contributed by atoms with van der Waals surface area (Å²) in [5, 5.41) is 12.1. The summed E-state index contributed by atoms with van der Waals surface area (Å²) in [6.45, 7) is 5.51. The van der Waals surface area contributed by atoms with Gasteiger partial charge in [0.2, 0.25) is 0 Å². The SMILES string of the molecule is C=CCNC(=O)C(C)Oc1ccccc1O. The van der Waals surface area contributed by atoms with E-state index in [4.69, 9.17) is 4.74 Å². The lowest BCUT2D eigenvalue weighted by atomic mass is 10.3. The Balaban J connectivity index is 2.57. The van der Waals surface area contributed by atoms with E-state index in [-0.39, 0.29) is 11.7 Å². The number of rotatable bonds is 5. The summed E-state index contributed by atoms with van der Waals surface area (Å²) >= 11 is 0. The second-order valence-corrected chi connectivity index (χ2v) is 3.26. The molecule has 0 fully saturated rings. The minimum atomic E-state index is -0.659. The van der Waals surface area contributed by atoms with E-state index in [2.05, 4.69) is 11.9 Å². The first-order chi connectivity index (χ1) is 7.65. The summed E-state index contributed by atoms with van der Waals surface area (Å²) in [6.07, 6.45) is 0.929. The molecule has 16 heavy (non-hydrogen) atoms. The predicted octanol–water partition coefficient (Wildman–Crippen LogP) is 1.46. The van der Waals surface area contributed by atoms with Crippen molar-refractivity contribution in [3.8, 4) is 11.5 Å². The molecule has 0 aliphatic rings. The first-order valence-corrected chi connectivity index (χ1v) is 4.98. The average Bonchev–Trinajstić information content (AvgIpc) is 2.28. The van der Waals surface area contributed by atoms with Gasteiger partial charge in [-0.05, 0) is 19.1 Å². The van der Waals surface area contributed by atoms with E-state index in [9.17, 15) is 9.90 Å². The molecule has 1 aromatic carbocycles. The van der Waals surface area contributed by atoms with E-state index < -0.39 is 6.10 Å². The van der Waals surface area contributed by atoms with Crippen LogP contribution in [0.25, 0.3) is 0 Å². The molecule has 1 amide bonds. The number of hydrogen-bond acceptors (Lipinski definition) is 3. The Kier molecular flexibility index (Phi) is 4.39. The number of benzene rings is 1. The standard InChI is InChI=1S/C12H15NO3/c1-3-8-13-12(15)9(2)16-11-7-5-4-6-10(11)14/h3-7,9,14H,1,8H2,2H3,(H,13,15). The van der Waals surface area contributed by atoms with Crippen LogP contribution in [0.4, 0.5) is 0 Å². The number of phenols is 1. The highest BCUT2D eigenvalue weighted by Gasteiger charge is 2.14. The van der Waals surface area contributed by atoms with Gasteiger partial charge in [0.05, 0.1) is 0 Å². The van der Waals surface area contributed by atoms with Crippen molar-refractivity contribution >= 4 is 5.91 Å². The number of carbonyl (C=O) groups excluding carboxylic acids is 1. The van der Waals surface area contributed by atoms with Crippen LogP contribution in [0, 0.1) is 0 Å². The summed E-state index contributed by atoms with van der Waals surface area (Å²) in [6, 6.07) is 6.52. The zero-order valence-electron chi connectivity index (χ0n) is 9.14. The lowest BCUT2D eigenvalue weighted by Crippen LogP contribution is -2.36. The van der Waals surface area contributed by atoms with Crippen LogP contribution < -0.4 is 10.1 Å². The smallest absolute Gasteiger partial charge is 0.261 e. The predicted molar refractivity (Wildman–Crippen MR) is 61.4 cm³/mol. The zero-order chi connectivity index (χ0) is 12.0. The Labute approximate surface area is 94.6 Å². The van der Waals surface area contributed by atoms with Gasteiger partial charge < -0.3 is 15.2 Å². The normalized spacial score (nSPS) is 11.6. The Morgan fingerprint density at radius 1 is 1.62 bits per heavy atom. The summed E-state index contributed by atoms with van der Waals surface area (Å²) in [5.41, 5.74) is 0. The quantitative estimate of drug-likeness (QED) is 0.740. The van der Waals surface area contributed by atoms with Gasteiger partial charge in [-0.1, -0.05) is 18.2 Å². The van der Waals surface area contributed by atoms with Gasteiger partial charge in [0.25, 0.3) is 5.91 Å². The van der Waals surface area contributed by atoms with Crippen LogP contribution in [0.3, 0.4) is 0 Å². The molecule has 1 aromatic rings. The summed E-state index contributed by atoms with van der Waals surface area (Å²) in [4.78, 5) is 11.5. The Morgan fingerprint density at radius 2 is 2.31 bits per heavy atom. The number of amides is 1. The minimum absolute atomic E-state index is 0.0193. The van der Waals surface area contributed by atoms with Crippen molar-refractivity contribution in [3.05, 3.63) is 36.9 Å². The van der Waals surface area contributed by atoms with Gasteiger partial charge in [-0.2, -0.15) is 0 Å². The van der Waals surface area contributed by atoms with E-state index in [1.54, 1.807) is 31.2 Å². The molecule has 4 heteroatoms. The van der Waals surface area contributed by atoms with E-state index >= 15 is 0 Å². The largest absolute Gasteiger partial charge is 0.504 e. The average molecular weight is 221 g/mol. The molecule has 0 heterocycles. The van der Waals surface area contributed by atoms with E-state index in [1.807, 2.05) is 0 Å². The fourth-order valence-electron chi connectivity index (χ4n) is 1.12. The molecule has 86 valence electrons. The molecule has 0 spiro atoms. The van der Waals surface area contributed by atoms with Gasteiger partial charge in [-0.25, -0.2) is 0 Å². The van der Waals surface area contributed by atoms with Gasteiger partial charge in [0.15, 0.2) is 17.6 Å². The number of phenolic OH excluding ortho intramolecular Hbond substituents is 1. The number of aromatic hydroxyl groups is 1.